The van der Waals surface area contributed by atoms with E-state index in [1.807, 2.05) is 34.9 Å². The summed E-state index contributed by atoms with van der Waals surface area (Å²) in [6.07, 6.45) is 0.529. The van der Waals surface area contributed by atoms with Gasteiger partial charge in [0, 0.05) is 30.8 Å². The lowest BCUT2D eigenvalue weighted by Gasteiger charge is -2.20. The molecule has 0 unspecified atom stereocenters. The number of hydrogen-bond acceptors (Lipinski definition) is 4. The van der Waals surface area contributed by atoms with E-state index in [-0.39, 0.29) is 12.3 Å². The zero-order valence-corrected chi connectivity index (χ0v) is 16.6. The maximum atomic E-state index is 12.7. The highest BCUT2D eigenvalue weighted by Crippen LogP contribution is 2.34. The van der Waals surface area contributed by atoms with Gasteiger partial charge in [-0.1, -0.05) is 43.2 Å². The molecule has 0 aliphatic heterocycles. The van der Waals surface area contributed by atoms with Crippen LogP contribution in [0.5, 0.6) is 0 Å². The van der Waals surface area contributed by atoms with Gasteiger partial charge in [-0.3, -0.25) is 4.79 Å². The van der Waals surface area contributed by atoms with E-state index < -0.39 is 24.1 Å². The molecule has 1 aromatic heterocycles. The number of nitrogens with one attached hydrogen (secondary N) is 1. The molecule has 1 saturated carbocycles. The largest absolute Gasteiger partial charge is 0.471 e. The normalized spacial score (nSPS) is 15.7. The lowest BCUT2D eigenvalue weighted by Crippen LogP contribution is -2.48. The third-order valence-corrected chi connectivity index (χ3v) is 5.33. The number of halogens is 3. The lowest BCUT2D eigenvalue weighted by atomic mass is 10.1. The maximum Gasteiger partial charge on any atom is 0.471 e. The Bertz CT molecular complexity index is 875. The number of amides is 1. The molecule has 162 valence electrons. The van der Waals surface area contributed by atoms with Crippen LogP contribution in [0.1, 0.15) is 48.7 Å². The monoisotopic (exact) mass is 423 g/mol. The van der Waals surface area contributed by atoms with Gasteiger partial charge in [0.25, 0.3) is 0 Å². The average Bonchev–Trinajstić information content (AvgIpc) is 3.37. The van der Waals surface area contributed by atoms with Gasteiger partial charge < -0.3 is 14.6 Å². The van der Waals surface area contributed by atoms with Crippen molar-refractivity contribution in [3.63, 3.8) is 0 Å². The molecule has 1 heterocycles. The second kappa shape index (κ2) is 9.32. The number of alkyl halides is 3. The molecule has 9 heteroatoms. The molecule has 1 aromatic carbocycles. The van der Waals surface area contributed by atoms with Crippen LogP contribution in [-0.2, 0) is 27.3 Å². The van der Waals surface area contributed by atoms with Gasteiger partial charge in [0.1, 0.15) is 11.9 Å². The van der Waals surface area contributed by atoms with Gasteiger partial charge in [0.15, 0.2) is 0 Å². The zero-order valence-electron chi connectivity index (χ0n) is 16.6. The molecule has 2 aromatic rings. The molecule has 0 bridgehead atoms. The van der Waals surface area contributed by atoms with Crippen LogP contribution in [-0.4, -0.2) is 40.8 Å². The fraction of sp³-hybridized carbons (Fsp3) is 0.476. The Morgan fingerprint density at radius 1 is 1.23 bits per heavy atom. The second-order valence-corrected chi connectivity index (χ2v) is 7.41. The number of ether oxygens (including phenoxy) is 1. The number of rotatable bonds is 7. The Labute approximate surface area is 172 Å². The van der Waals surface area contributed by atoms with Crippen LogP contribution < -0.4 is 5.32 Å². The van der Waals surface area contributed by atoms with E-state index >= 15 is 0 Å². The number of methoxy groups -OCH3 is 1. The smallest absolute Gasteiger partial charge is 0.467 e. The van der Waals surface area contributed by atoms with Crippen LogP contribution in [0.15, 0.2) is 36.5 Å². The van der Waals surface area contributed by atoms with E-state index in [4.69, 9.17) is 0 Å². The average molecular weight is 423 g/mol. The van der Waals surface area contributed by atoms with E-state index in [1.54, 1.807) is 11.5 Å². The zero-order chi connectivity index (χ0) is 21.7. The van der Waals surface area contributed by atoms with Crippen molar-refractivity contribution in [2.24, 2.45) is 0 Å². The van der Waals surface area contributed by atoms with Crippen LogP contribution in [0.4, 0.5) is 13.2 Å². The fourth-order valence-corrected chi connectivity index (χ4v) is 3.83. The first kappa shape index (κ1) is 21.9. The Morgan fingerprint density at radius 2 is 1.90 bits per heavy atom. The van der Waals surface area contributed by atoms with Gasteiger partial charge in [0.05, 0.1) is 7.11 Å². The molecule has 1 amide bonds. The predicted molar refractivity (Wildman–Crippen MR) is 103 cm³/mol. The molecule has 0 spiro atoms. The van der Waals surface area contributed by atoms with Gasteiger partial charge in [-0.2, -0.15) is 13.2 Å². The molecular weight excluding hydrogens is 399 g/mol. The van der Waals surface area contributed by atoms with Crippen LogP contribution in [0.25, 0.3) is 0 Å². The van der Waals surface area contributed by atoms with Gasteiger partial charge in [-0.05, 0) is 18.4 Å². The minimum Gasteiger partial charge on any atom is -0.467 e. The van der Waals surface area contributed by atoms with Gasteiger partial charge in [-0.25, -0.2) is 9.78 Å². The molecule has 1 fully saturated rings. The molecular formula is C21H24F3N3O3. The molecule has 3 rings (SSSR count). The molecule has 0 radical (unpaired) electrons. The first-order valence-corrected chi connectivity index (χ1v) is 9.83. The Balaban J connectivity index is 1.90. The number of imidazole rings is 1. The topological polar surface area (TPSA) is 73.2 Å². The predicted octanol–water partition coefficient (Wildman–Crippen LogP) is 3.35. The summed E-state index contributed by atoms with van der Waals surface area (Å²) in [5, 5.41) is 1.75. The first-order valence-electron chi connectivity index (χ1n) is 9.83. The van der Waals surface area contributed by atoms with Crippen molar-refractivity contribution >= 4 is 11.9 Å². The number of benzene rings is 1. The Kier molecular flexibility index (Phi) is 6.79. The molecule has 0 saturated heterocycles. The lowest BCUT2D eigenvalue weighted by molar-refractivity contribution is -0.175. The van der Waals surface area contributed by atoms with E-state index in [2.05, 4.69) is 9.72 Å². The molecule has 1 aliphatic carbocycles. The maximum absolute atomic E-state index is 12.7. The van der Waals surface area contributed by atoms with Gasteiger partial charge >= 0.3 is 18.1 Å². The summed E-state index contributed by atoms with van der Waals surface area (Å²) in [6, 6.07) is 8.14. The van der Waals surface area contributed by atoms with Crippen LogP contribution in [0, 0.1) is 0 Å². The van der Waals surface area contributed by atoms with Crippen LogP contribution in [0.2, 0.25) is 0 Å². The van der Waals surface area contributed by atoms with Gasteiger partial charge in [0.2, 0.25) is 0 Å². The fourth-order valence-electron chi connectivity index (χ4n) is 3.83. The Morgan fingerprint density at radius 3 is 2.50 bits per heavy atom. The number of aromatic nitrogens is 2. The number of hydrogen-bond donors (Lipinski definition) is 1. The van der Waals surface area contributed by atoms with Gasteiger partial charge in [-0.15, -0.1) is 0 Å². The highest BCUT2D eigenvalue weighted by atomic mass is 19.4. The van der Waals surface area contributed by atoms with Crippen LogP contribution in [0.3, 0.4) is 0 Å². The third kappa shape index (κ3) is 5.20. The molecule has 30 heavy (non-hydrogen) atoms. The summed E-state index contributed by atoms with van der Waals surface area (Å²) >= 11 is 0. The van der Waals surface area contributed by atoms with Crippen molar-refractivity contribution < 1.29 is 27.5 Å². The van der Waals surface area contributed by atoms with E-state index in [0.717, 1.165) is 44.2 Å². The first-order chi connectivity index (χ1) is 14.3. The van der Waals surface area contributed by atoms with Crippen molar-refractivity contribution in [2.75, 3.05) is 7.11 Å². The van der Waals surface area contributed by atoms with Crippen LogP contribution >= 0.6 is 0 Å². The molecule has 1 N–H and O–H groups in total. The number of nitrogens with zero attached hydrogens (tertiary/aromatic N) is 2. The molecule has 1 aliphatic rings. The minimum atomic E-state index is -5.09. The van der Waals surface area contributed by atoms with Crippen molar-refractivity contribution in [1.82, 2.24) is 14.9 Å². The van der Waals surface area contributed by atoms with Crippen molar-refractivity contribution in [1.29, 1.82) is 0 Å². The number of carbonyl (C=O) groups is 2. The van der Waals surface area contributed by atoms with E-state index in [1.165, 1.54) is 0 Å². The third-order valence-electron chi connectivity index (χ3n) is 5.33. The molecule has 1 atom stereocenters. The SMILES string of the molecule is COC(=O)[C@H](Cc1cnc(C2CCCC2)n1Cc1ccccc1)NC(=O)C(F)(F)F. The van der Waals surface area contributed by atoms with Crippen molar-refractivity contribution in [3.05, 3.63) is 53.6 Å². The summed E-state index contributed by atoms with van der Waals surface area (Å²) < 4.78 is 44.7. The summed E-state index contributed by atoms with van der Waals surface area (Å²) in [7, 11) is 1.07. The summed E-state index contributed by atoms with van der Waals surface area (Å²) in [5.74, 6) is -1.99. The van der Waals surface area contributed by atoms with E-state index in [0.29, 0.717) is 12.2 Å². The number of esters is 1. The highest BCUT2D eigenvalue weighted by Gasteiger charge is 2.41. The minimum absolute atomic E-state index is 0.152. The quantitative estimate of drug-likeness (QED) is 0.694. The standard InChI is InChI=1S/C21H24F3N3O3/c1-30-19(28)17(26-20(29)21(22,23)24)11-16-12-25-18(15-9-5-6-10-15)27(16)13-14-7-3-2-4-8-14/h2-4,7-8,12,15,17H,5-6,9-11,13H2,1H3,(H,26,29)/t17-/m0/s1. The van der Waals surface area contributed by atoms with Crippen molar-refractivity contribution in [3.8, 4) is 0 Å². The summed E-state index contributed by atoms with van der Waals surface area (Å²) in [5.41, 5.74) is 1.57. The Hall–Kier alpha value is -2.84. The molecule has 6 nitrogen and oxygen atoms in total. The van der Waals surface area contributed by atoms with Crippen molar-refractivity contribution in [2.45, 2.75) is 56.8 Å². The van der Waals surface area contributed by atoms with E-state index in [9.17, 15) is 22.8 Å². The second-order valence-electron chi connectivity index (χ2n) is 7.41. The number of carbonyl (C=O) groups excluding carboxylic acids is 2. The highest BCUT2D eigenvalue weighted by molar-refractivity contribution is 5.87. The summed E-state index contributed by atoms with van der Waals surface area (Å²) in [4.78, 5) is 28.0. The summed E-state index contributed by atoms with van der Waals surface area (Å²) in [6.45, 7) is 0.475.